The molecule has 28 heavy (non-hydrogen) atoms. The molecular weight excluding hydrogens is 391 g/mol. The van der Waals surface area contributed by atoms with Crippen LogP contribution in [-0.2, 0) is 0 Å². The van der Waals surface area contributed by atoms with Crippen LogP contribution in [0.25, 0.3) is 16.7 Å². The molecule has 0 aliphatic carbocycles. The number of halogens is 4. The summed E-state index contributed by atoms with van der Waals surface area (Å²) in [5.74, 6) is -1.41. The molecule has 0 aliphatic heterocycles. The highest BCUT2D eigenvalue weighted by Gasteiger charge is 2.16. The molecule has 4 nitrogen and oxygen atoms in total. The molecule has 0 atom stereocenters. The summed E-state index contributed by atoms with van der Waals surface area (Å²) < 4.78 is 41.9. The molecule has 0 radical (unpaired) electrons. The van der Waals surface area contributed by atoms with Gasteiger partial charge in [0, 0.05) is 17.4 Å². The van der Waals surface area contributed by atoms with Gasteiger partial charge in [-0.3, -0.25) is 9.36 Å². The number of hydrogen-bond donors (Lipinski definition) is 1. The number of pyridine rings is 2. The van der Waals surface area contributed by atoms with Crippen LogP contribution in [0.5, 0.6) is 0 Å². The highest BCUT2D eigenvalue weighted by atomic mass is 35.5. The SMILES string of the molecule is O=c1cc(Nc2ccc(F)cc2)n(-c2ccc(F)cc2)c2nc(Cl)c(F)cc12. The predicted molar refractivity (Wildman–Crippen MR) is 102 cm³/mol. The highest BCUT2D eigenvalue weighted by Crippen LogP contribution is 2.26. The van der Waals surface area contributed by atoms with Crippen molar-refractivity contribution in [2.75, 3.05) is 5.32 Å². The zero-order chi connectivity index (χ0) is 19.8. The van der Waals surface area contributed by atoms with Gasteiger partial charge in [0.05, 0.1) is 5.39 Å². The van der Waals surface area contributed by atoms with Gasteiger partial charge in [0.1, 0.15) is 17.5 Å². The van der Waals surface area contributed by atoms with Gasteiger partial charge in [-0.25, -0.2) is 18.2 Å². The van der Waals surface area contributed by atoms with Crippen LogP contribution < -0.4 is 10.7 Å². The van der Waals surface area contributed by atoms with Crippen LogP contribution in [0.1, 0.15) is 0 Å². The zero-order valence-electron chi connectivity index (χ0n) is 14.1. The van der Waals surface area contributed by atoms with Crippen LogP contribution in [-0.4, -0.2) is 9.55 Å². The van der Waals surface area contributed by atoms with E-state index in [9.17, 15) is 18.0 Å². The molecule has 0 unspecified atom stereocenters. The van der Waals surface area contributed by atoms with Crippen LogP contribution in [0.3, 0.4) is 0 Å². The summed E-state index contributed by atoms with van der Waals surface area (Å²) in [6.07, 6.45) is 0. The number of benzene rings is 2. The van der Waals surface area contributed by atoms with Crippen molar-refractivity contribution in [3.05, 3.63) is 93.5 Å². The Bertz CT molecular complexity index is 1240. The lowest BCUT2D eigenvalue weighted by Gasteiger charge is -2.18. The fourth-order valence-electron chi connectivity index (χ4n) is 2.81. The van der Waals surface area contributed by atoms with E-state index >= 15 is 0 Å². The average Bonchev–Trinajstić information content (AvgIpc) is 2.67. The monoisotopic (exact) mass is 401 g/mol. The largest absolute Gasteiger partial charge is 0.341 e. The van der Waals surface area contributed by atoms with Crippen LogP contribution in [0.4, 0.5) is 24.7 Å². The molecule has 2 heterocycles. The first kappa shape index (κ1) is 18.1. The molecule has 140 valence electrons. The minimum Gasteiger partial charge on any atom is -0.341 e. The van der Waals surface area contributed by atoms with E-state index in [1.165, 1.54) is 59.2 Å². The van der Waals surface area contributed by atoms with Crippen molar-refractivity contribution in [3.8, 4) is 5.69 Å². The van der Waals surface area contributed by atoms with Crippen molar-refractivity contribution >= 4 is 34.1 Å². The summed E-state index contributed by atoms with van der Waals surface area (Å²) in [5.41, 5.74) is 0.576. The Labute approximate surface area is 161 Å². The van der Waals surface area contributed by atoms with Gasteiger partial charge in [0.2, 0.25) is 0 Å². The van der Waals surface area contributed by atoms with Gasteiger partial charge in [-0.2, -0.15) is 0 Å². The van der Waals surface area contributed by atoms with Crippen molar-refractivity contribution in [2.24, 2.45) is 0 Å². The van der Waals surface area contributed by atoms with E-state index in [0.29, 0.717) is 11.4 Å². The lowest BCUT2D eigenvalue weighted by atomic mass is 10.2. The predicted octanol–water partition coefficient (Wildman–Crippen LogP) is 5.20. The number of anilines is 2. The van der Waals surface area contributed by atoms with Gasteiger partial charge >= 0.3 is 0 Å². The lowest BCUT2D eigenvalue weighted by molar-refractivity contribution is 0.624. The standard InChI is InChI=1S/C20H11ClF3N3O/c21-19-16(24)9-15-17(28)10-18(25-13-5-1-11(22)2-6-13)27(20(15)26-19)14-7-3-12(23)4-8-14/h1-10,25H. The van der Waals surface area contributed by atoms with Crippen LogP contribution in [0, 0.1) is 17.5 Å². The maximum atomic E-state index is 13.9. The molecule has 4 rings (SSSR count). The number of nitrogens with zero attached hydrogens (tertiary/aromatic N) is 2. The van der Waals surface area contributed by atoms with Crippen molar-refractivity contribution in [2.45, 2.75) is 0 Å². The summed E-state index contributed by atoms with van der Waals surface area (Å²) in [6, 6.07) is 13.2. The van der Waals surface area contributed by atoms with Crippen molar-refractivity contribution in [1.29, 1.82) is 0 Å². The van der Waals surface area contributed by atoms with Gasteiger partial charge in [0.25, 0.3) is 0 Å². The van der Waals surface area contributed by atoms with E-state index in [1.54, 1.807) is 0 Å². The molecule has 8 heteroatoms. The number of fused-ring (bicyclic) bond motifs is 1. The molecule has 1 N–H and O–H groups in total. The second-order valence-corrected chi connectivity index (χ2v) is 6.33. The first-order chi connectivity index (χ1) is 13.4. The Kier molecular flexibility index (Phi) is 4.52. The number of rotatable bonds is 3. The molecule has 0 spiro atoms. The van der Waals surface area contributed by atoms with Crippen molar-refractivity contribution in [1.82, 2.24) is 9.55 Å². The van der Waals surface area contributed by atoms with Crippen LogP contribution in [0.2, 0.25) is 5.15 Å². The van der Waals surface area contributed by atoms with Gasteiger partial charge < -0.3 is 5.32 Å². The Balaban J connectivity index is 2.01. The Morgan fingerprint density at radius 3 is 2.14 bits per heavy atom. The molecule has 0 bridgehead atoms. The quantitative estimate of drug-likeness (QED) is 0.480. The second kappa shape index (κ2) is 7.01. The second-order valence-electron chi connectivity index (χ2n) is 5.97. The Hall–Kier alpha value is -3.32. The summed E-state index contributed by atoms with van der Waals surface area (Å²) in [4.78, 5) is 16.5. The first-order valence-corrected chi connectivity index (χ1v) is 8.50. The first-order valence-electron chi connectivity index (χ1n) is 8.13. The molecular formula is C20H11ClF3N3O. The fourth-order valence-corrected chi connectivity index (χ4v) is 2.95. The molecule has 0 amide bonds. The maximum Gasteiger partial charge on any atom is 0.193 e. The normalized spacial score (nSPS) is 11.0. The third-order valence-electron chi connectivity index (χ3n) is 4.10. The average molecular weight is 402 g/mol. The lowest BCUT2D eigenvalue weighted by Crippen LogP contribution is -2.14. The van der Waals surface area contributed by atoms with Gasteiger partial charge in [-0.1, -0.05) is 11.6 Å². The number of hydrogen-bond acceptors (Lipinski definition) is 3. The van der Waals surface area contributed by atoms with E-state index in [4.69, 9.17) is 11.6 Å². The fraction of sp³-hybridized carbons (Fsp3) is 0. The number of nitrogens with one attached hydrogen (secondary N) is 1. The van der Waals surface area contributed by atoms with Crippen LogP contribution >= 0.6 is 11.6 Å². The molecule has 2 aromatic carbocycles. The highest BCUT2D eigenvalue weighted by molar-refractivity contribution is 6.29. The van der Waals surface area contributed by atoms with E-state index in [2.05, 4.69) is 10.3 Å². The third kappa shape index (κ3) is 3.32. The molecule has 0 fully saturated rings. The summed E-state index contributed by atoms with van der Waals surface area (Å²) in [7, 11) is 0. The van der Waals surface area contributed by atoms with Gasteiger partial charge in [-0.05, 0) is 54.6 Å². The van der Waals surface area contributed by atoms with E-state index in [1.807, 2.05) is 0 Å². The van der Waals surface area contributed by atoms with Gasteiger partial charge in [-0.15, -0.1) is 0 Å². The molecule has 2 aromatic heterocycles. The molecule has 4 aromatic rings. The maximum absolute atomic E-state index is 13.9. The van der Waals surface area contributed by atoms with Crippen molar-refractivity contribution in [3.63, 3.8) is 0 Å². The smallest absolute Gasteiger partial charge is 0.193 e. The summed E-state index contributed by atoms with van der Waals surface area (Å²) in [5, 5.41) is 2.61. The summed E-state index contributed by atoms with van der Waals surface area (Å²) >= 11 is 5.83. The molecule has 0 aliphatic rings. The van der Waals surface area contributed by atoms with E-state index in [0.717, 1.165) is 6.07 Å². The van der Waals surface area contributed by atoms with E-state index < -0.39 is 28.0 Å². The van der Waals surface area contributed by atoms with E-state index in [-0.39, 0.29) is 16.9 Å². The Morgan fingerprint density at radius 2 is 1.50 bits per heavy atom. The topological polar surface area (TPSA) is 46.9 Å². The molecule has 0 saturated heterocycles. The minimum absolute atomic E-state index is 0.0101. The van der Waals surface area contributed by atoms with Crippen molar-refractivity contribution < 1.29 is 13.2 Å². The van der Waals surface area contributed by atoms with Gasteiger partial charge in [0.15, 0.2) is 22.0 Å². The molecule has 0 saturated carbocycles. The van der Waals surface area contributed by atoms with Crippen LogP contribution in [0.15, 0.2) is 65.5 Å². The zero-order valence-corrected chi connectivity index (χ0v) is 14.8. The number of aromatic nitrogens is 2. The minimum atomic E-state index is -0.823. The summed E-state index contributed by atoms with van der Waals surface area (Å²) in [6.45, 7) is 0. The Morgan fingerprint density at radius 1 is 0.893 bits per heavy atom. The third-order valence-corrected chi connectivity index (χ3v) is 4.37.